The molecule has 0 amide bonds. The highest BCUT2D eigenvalue weighted by atomic mass is 16.4. The Kier molecular flexibility index (Phi) is 2.92. The standard InChI is InChI=1S/C14H16N2O/c1-2-4-11(5-3-1)6-7-14-16-12-8-9-15-10-13(12)17-14/h1-5,15H,6-10H2. The van der Waals surface area contributed by atoms with Crippen molar-refractivity contribution in [2.24, 2.45) is 0 Å². The third kappa shape index (κ3) is 2.39. The molecule has 0 fully saturated rings. The molecule has 1 aliphatic rings. The van der Waals surface area contributed by atoms with Crippen LogP contribution in [-0.4, -0.2) is 11.5 Å². The number of hydrogen-bond donors (Lipinski definition) is 1. The summed E-state index contributed by atoms with van der Waals surface area (Å²) in [5.74, 6) is 1.90. The smallest absolute Gasteiger partial charge is 0.195 e. The fourth-order valence-corrected chi connectivity index (χ4v) is 2.18. The molecule has 1 aliphatic heterocycles. The van der Waals surface area contributed by atoms with Crippen LogP contribution in [0.4, 0.5) is 0 Å². The monoisotopic (exact) mass is 228 g/mol. The first-order chi connectivity index (χ1) is 8.42. The van der Waals surface area contributed by atoms with Crippen LogP contribution in [0.25, 0.3) is 0 Å². The number of rotatable bonds is 3. The molecular formula is C14H16N2O. The molecule has 88 valence electrons. The summed E-state index contributed by atoms with van der Waals surface area (Å²) in [6, 6.07) is 10.5. The number of nitrogens with one attached hydrogen (secondary N) is 1. The van der Waals surface area contributed by atoms with E-state index in [1.165, 1.54) is 5.56 Å². The van der Waals surface area contributed by atoms with E-state index in [4.69, 9.17) is 4.42 Å². The summed E-state index contributed by atoms with van der Waals surface area (Å²) in [6.07, 6.45) is 2.87. The summed E-state index contributed by atoms with van der Waals surface area (Å²) in [5, 5.41) is 3.29. The minimum atomic E-state index is 0.827. The van der Waals surface area contributed by atoms with Crippen molar-refractivity contribution in [1.82, 2.24) is 10.3 Å². The summed E-state index contributed by atoms with van der Waals surface area (Å²) in [6.45, 7) is 1.84. The van der Waals surface area contributed by atoms with E-state index in [2.05, 4.69) is 34.6 Å². The molecule has 0 saturated carbocycles. The van der Waals surface area contributed by atoms with Gasteiger partial charge in [-0.1, -0.05) is 30.3 Å². The van der Waals surface area contributed by atoms with Gasteiger partial charge in [-0.2, -0.15) is 0 Å². The van der Waals surface area contributed by atoms with Crippen molar-refractivity contribution in [1.29, 1.82) is 0 Å². The summed E-state index contributed by atoms with van der Waals surface area (Å²) in [4.78, 5) is 4.56. The molecule has 0 spiro atoms. The summed E-state index contributed by atoms with van der Waals surface area (Å²) < 4.78 is 5.75. The number of nitrogens with zero attached hydrogens (tertiary/aromatic N) is 1. The fraction of sp³-hybridized carbons (Fsp3) is 0.357. The predicted octanol–water partition coefficient (Wildman–Crippen LogP) is 2.11. The van der Waals surface area contributed by atoms with Crippen LogP contribution in [-0.2, 0) is 25.8 Å². The number of hydrogen-bond acceptors (Lipinski definition) is 3. The van der Waals surface area contributed by atoms with Gasteiger partial charge in [0.25, 0.3) is 0 Å². The molecule has 1 N–H and O–H groups in total. The van der Waals surface area contributed by atoms with Crippen molar-refractivity contribution in [2.75, 3.05) is 6.54 Å². The van der Waals surface area contributed by atoms with Crippen LogP contribution in [0.5, 0.6) is 0 Å². The lowest BCUT2D eigenvalue weighted by molar-refractivity contribution is 0.428. The van der Waals surface area contributed by atoms with Crippen LogP contribution in [0.3, 0.4) is 0 Å². The van der Waals surface area contributed by atoms with Gasteiger partial charge in [0.15, 0.2) is 5.89 Å². The van der Waals surface area contributed by atoms with Gasteiger partial charge < -0.3 is 9.73 Å². The van der Waals surface area contributed by atoms with Gasteiger partial charge >= 0.3 is 0 Å². The van der Waals surface area contributed by atoms with E-state index in [1.54, 1.807) is 0 Å². The van der Waals surface area contributed by atoms with E-state index in [0.717, 1.165) is 49.7 Å². The second-order valence-corrected chi connectivity index (χ2v) is 4.39. The molecule has 17 heavy (non-hydrogen) atoms. The third-order valence-electron chi connectivity index (χ3n) is 3.12. The third-order valence-corrected chi connectivity index (χ3v) is 3.12. The Labute approximate surface area is 101 Å². The molecule has 0 saturated heterocycles. The molecule has 3 nitrogen and oxygen atoms in total. The van der Waals surface area contributed by atoms with E-state index >= 15 is 0 Å². The Balaban J connectivity index is 1.67. The van der Waals surface area contributed by atoms with Gasteiger partial charge in [-0.15, -0.1) is 0 Å². The molecule has 1 aromatic heterocycles. The molecular weight excluding hydrogens is 212 g/mol. The van der Waals surface area contributed by atoms with Gasteiger partial charge in [0.1, 0.15) is 5.76 Å². The average molecular weight is 228 g/mol. The lowest BCUT2D eigenvalue weighted by Gasteiger charge is -2.08. The quantitative estimate of drug-likeness (QED) is 0.874. The maximum Gasteiger partial charge on any atom is 0.195 e. The fourth-order valence-electron chi connectivity index (χ4n) is 2.18. The molecule has 2 heterocycles. The van der Waals surface area contributed by atoms with Crippen LogP contribution in [0.1, 0.15) is 22.9 Å². The zero-order valence-electron chi connectivity index (χ0n) is 9.78. The summed E-state index contributed by atoms with van der Waals surface area (Å²) in [7, 11) is 0. The topological polar surface area (TPSA) is 38.1 Å². The molecule has 0 unspecified atom stereocenters. The van der Waals surface area contributed by atoms with E-state index < -0.39 is 0 Å². The molecule has 0 aliphatic carbocycles. The highest BCUT2D eigenvalue weighted by Gasteiger charge is 2.16. The Bertz CT molecular complexity index is 467. The van der Waals surface area contributed by atoms with Crippen LogP contribution in [0, 0.1) is 0 Å². The maximum absolute atomic E-state index is 5.75. The van der Waals surface area contributed by atoms with Crippen molar-refractivity contribution in [3.63, 3.8) is 0 Å². The van der Waals surface area contributed by atoms with Crippen molar-refractivity contribution < 1.29 is 4.42 Å². The molecule has 3 rings (SSSR count). The summed E-state index contributed by atoms with van der Waals surface area (Å²) >= 11 is 0. The first-order valence-electron chi connectivity index (χ1n) is 6.14. The van der Waals surface area contributed by atoms with Gasteiger partial charge in [-0.3, -0.25) is 0 Å². The molecule has 2 aromatic rings. The van der Waals surface area contributed by atoms with Crippen molar-refractivity contribution in [3.05, 3.63) is 53.2 Å². The van der Waals surface area contributed by atoms with Gasteiger partial charge in [-0.05, 0) is 12.0 Å². The first kappa shape index (κ1) is 10.5. The van der Waals surface area contributed by atoms with Gasteiger partial charge in [0.2, 0.25) is 0 Å². The normalized spacial score (nSPS) is 14.6. The minimum Gasteiger partial charge on any atom is -0.444 e. The van der Waals surface area contributed by atoms with Crippen molar-refractivity contribution in [3.8, 4) is 0 Å². The van der Waals surface area contributed by atoms with E-state index in [1.807, 2.05) is 6.07 Å². The Morgan fingerprint density at radius 3 is 2.88 bits per heavy atom. The average Bonchev–Trinajstić information content (AvgIpc) is 2.80. The van der Waals surface area contributed by atoms with Crippen LogP contribution >= 0.6 is 0 Å². The number of aromatic nitrogens is 1. The van der Waals surface area contributed by atoms with Crippen molar-refractivity contribution >= 4 is 0 Å². The number of benzene rings is 1. The lowest BCUT2D eigenvalue weighted by atomic mass is 10.1. The second-order valence-electron chi connectivity index (χ2n) is 4.39. The number of oxazole rings is 1. The van der Waals surface area contributed by atoms with Crippen LogP contribution in [0.15, 0.2) is 34.7 Å². The minimum absolute atomic E-state index is 0.827. The molecule has 1 aromatic carbocycles. The van der Waals surface area contributed by atoms with E-state index in [0.29, 0.717) is 0 Å². The summed E-state index contributed by atoms with van der Waals surface area (Å²) in [5.41, 5.74) is 2.48. The highest BCUT2D eigenvalue weighted by molar-refractivity contribution is 5.17. The number of aryl methyl sites for hydroxylation is 2. The molecule has 0 bridgehead atoms. The lowest BCUT2D eigenvalue weighted by Crippen LogP contribution is -2.22. The Morgan fingerprint density at radius 1 is 1.18 bits per heavy atom. The highest BCUT2D eigenvalue weighted by Crippen LogP contribution is 2.16. The van der Waals surface area contributed by atoms with Gasteiger partial charge in [0.05, 0.1) is 12.2 Å². The van der Waals surface area contributed by atoms with Crippen molar-refractivity contribution in [2.45, 2.75) is 25.8 Å². The number of fused-ring (bicyclic) bond motifs is 1. The van der Waals surface area contributed by atoms with Crippen LogP contribution < -0.4 is 5.32 Å². The first-order valence-corrected chi connectivity index (χ1v) is 6.14. The van der Waals surface area contributed by atoms with Crippen LogP contribution in [0.2, 0.25) is 0 Å². The maximum atomic E-state index is 5.75. The van der Waals surface area contributed by atoms with Gasteiger partial charge in [-0.25, -0.2) is 4.98 Å². The zero-order chi connectivity index (χ0) is 11.5. The molecule has 3 heteroatoms. The molecule has 0 atom stereocenters. The van der Waals surface area contributed by atoms with E-state index in [-0.39, 0.29) is 0 Å². The zero-order valence-corrected chi connectivity index (χ0v) is 9.78. The Hall–Kier alpha value is -1.61. The van der Waals surface area contributed by atoms with E-state index in [9.17, 15) is 0 Å². The Morgan fingerprint density at radius 2 is 2.06 bits per heavy atom. The second kappa shape index (κ2) is 4.72. The molecule has 0 radical (unpaired) electrons. The SMILES string of the molecule is c1ccc(CCc2nc3c(o2)CNCC3)cc1. The van der Waals surface area contributed by atoms with Gasteiger partial charge in [0, 0.05) is 19.4 Å². The predicted molar refractivity (Wildman–Crippen MR) is 65.8 cm³/mol. The largest absolute Gasteiger partial charge is 0.444 e.